The maximum Gasteiger partial charge on any atom is -0.0208 e. The van der Waals surface area contributed by atoms with Crippen molar-refractivity contribution in [2.45, 2.75) is 116 Å². The van der Waals surface area contributed by atoms with Crippen LogP contribution in [0.4, 0.5) is 0 Å². The molecular weight excluding hydrogens is 271 g/mol. The van der Waals surface area contributed by atoms with Crippen LogP contribution < -0.4 is 0 Å². The molecule has 0 bridgehead atoms. The van der Waals surface area contributed by atoms with Crippen molar-refractivity contribution >= 4 is 8.58 Å². The first-order valence-electron chi connectivity index (χ1n) is 10.1. The normalized spacial score (nSPS) is 28.0. The summed E-state index contributed by atoms with van der Waals surface area (Å²) in [5, 5.41) is 0. The molecule has 1 saturated heterocycles. The van der Waals surface area contributed by atoms with Crippen molar-refractivity contribution in [3.8, 4) is 0 Å². The van der Waals surface area contributed by atoms with E-state index in [1.165, 1.54) is 85.6 Å². The summed E-state index contributed by atoms with van der Waals surface area (Å²) in [6.07, 6.45) is 24.3. The van der Waals surface area contributed by atoms with E-state index >= 15 is 0 Å². The largest absolute Gasteiger partial charge is 0.119 e. The average molecular weight is 313 g/mol. The smallest absolute Gasteiger partial charge is 0.0208 e. The van der Waals surface area contributed by atoms with Crippen LogP contribution in [-0.2, 0) is 0 Å². The first-order chi connectivity index (χ1) is 10.4. The SMILES string of the molecule is C1CCCCC(C2CCCCCCCP2)CCC1.CCC. The summed E-state index contributed by atoms with van der Waals surface area (Å²) in [5.41, 5.74) is 1.13. The summed E-state index contributed by atoms with van der Waals surface area (Å²) in [6.45, 7) is 4.25. The zero-order valence-corrected chi connectivity index (χ0v) is 16.0. The zero-order chi connectivity index (χ0) is 15.2. The molecule has 1 saturated carbocycles. The van der Waals surface area contributed by atoms with Crippen molar-refractivity contribution < 1.29 is 0 Å². The minimum Gasteiger partial charge on any atom is -0.119 e. The van der Waals surface area contributed by atoms with Gasteiger partial charge in [0, 0.05) is 0 Å². The highest BCUT2D eigenvalue weighted by Crippen LogP contribution is 2.38. The third kappa shape index (κ3) is 9.93. The van der Waals surface area contributed by atoms with Gasteiger partial charge in [-0.25, -0.2) is 0 Å². The monoisotopic (exact) mass is 312 g/mol. The quantitative estimate of drug-likeness (QED) is 0.438. The Labute approximate surface area is 137 Å². The van der Waals surface area contributed by atoms with E-state index < -0.39 is 0 Å². The van der Waals surface area contributed by atoms with Crippen molar-refractivity contribution in [1.29, 1.82) is 0 Å². The van der Waals surface area contributed by atoms with Crippen LogP contribution in [0.5, 0.6) is 0 Å². The van der Waals surface area contributed by atoms with E-state index in [9.17, 15) is 0 Å². The molecule has 1 heterocycles. The van der Waals surface area contributed by atoms with Gasteiger partial charge >= 0.3 is 0 Å². The highest BCUT2D eigenvalue weighted by molar-refractivity contribution is 7.38. The maximum absolute atomic E-state index is 2.12. The summed E-state index contributed by atoms with van der Waals surface area (Å²) in [5.74, 6) is 1.11. The molecule has 2 aliphatic rings. The second-order valence-electron chi connectivity index (χ2n) is 7.28. The van der Waals surface area contributed by atoms with Crippen LogP contribution in [0.3, 0.4) is 0 Å². The molecule has 1 aliphatic carbocycles. The molecule has 1 aliphatic heterocycles. The predicted molar refractivity (Wildman–Crippen MR) is 101 cm³/mol. The van der Waals surface area contributed by atoms with Crippen LogP contribution in [0.1, 0.15) is 110 Å². The molecule has 0 nitrogen and oxygen atoms in total. The summed E-state index contributed by atoms with van der Waals surface area (Å²) in [4.78, 5) is 0. The zero-order valence-electron chi connectivity index (χ0n) is 15.0. The second-order valence-corrected chi connectivity index (χ2v) is 8.93. The van der Waals surface area contributed by atoms with E-state index in [0.29, 0.717) is 0 Å². The Morgan fingerprint density at radius 3 is 1.62 bits per heavy atom. The Hall–Kier alpha value is 0.430. The maximum atomic E-state index is 2.12. The van der Waals surface area contributed by atoms with Gasteiger partial charge in [-0.05, 0) is 43.4 Å². The van der Waals surface area contributed by atoms with Gasteiger partial charge in [0.05, 0.1) is 0 Å². The van der Waals surface area contributed by atoms with Crippen LogP contribution >= 0.6 is 8.58 Å². The van der Waals surface area contributed by atoms with Crippen LogP contribution in [0, 0.1) is 5.92 Å². The summed E-state index contributed by atoms with van der Waals surface area (Å²) < 4.78 is 0. The molecule has 2 fully saturated rings. The topological polar surface area (TPSA) is 0 Å². The van der Waals surface area contributed by atoms with Crippen LogP contribution in [0.2, 0.25) is 0 Å². The van der Waals surface area contributed by atoms with Crippen LogP contribution in [0.15, 0.2) is 0 Å². The first-order valence-corrected chi connectivity index (χ1v) is 11.4. The molecule has 0 spiro atoms. The van der Waals surface area contributed by atoms with E-state index in [1.54, 1.807) is 25.4 Å². The van der Waals surface area contributed by atoms with Gasteiger partial charge in [-0.1, -0.05) is 84.5 Å². The number of hydrogen-bond donors (Lipinski definition) is 0. The Balaban J connectivity index is 0.000000677. The lowest BCUT2D eigenvalue weighted by atomic mass is 9.90. The average Bonchev–Trinajstić information content (AvgIpc) is 2.70. The Morgan fingerprint density at radius 2 is 1.05 bits per heavy atom. The van der Waals surface area contributed by atoms with E-state index in [4.69, 9.17) is 0 Å². The van der Waals surface area contributed by atoms with Gasteiger partial charge in [0.1, 0.15) is 0 Å². The summed E-state index contributed by atoms with van der Waals surface area (Å²) >= 11 is 0. The molecule has 2 atom stereocenters. The number of hydrogen-bond acceptors (Lipinski definition) is 0. The lowest BCUT2D eigenvalue weighted by Gasteiger charge is -2.27. The van der Waals surface area contributed by atoms with Gasteiger partial charge in [0.2, 0.25) is 0 Å². The van der Waals surface area contributed by atoms with Gasteiger partial charge in [-0.2, -0.15) is 0 Å². The third-order valence-electron chi connectivity index (χ3n) is 5.07. The van der Waals surface area contributed by atoms with Crippen molar-refractivity contribution in [3.05, 3.63) is 0 Å². The molecule has 2 rings (SSSR count). The van der Waals surface area contributed by atoms with Gasteiger partial charge in [-0.3, -0.25) is 0 Å². The second kappa shape index (κ2) is 14.0. The summed E-state index contributed by atoms with van der Waals surface area (Å²) in [6, 6.07) is 0. The summed E-state index contributed by atoms with van der Waals surface area (Å²) in [7, 11) is 1.30. The van der Waals surface area contributed by atoms with Crippen molar-refractivity contribution in [1.82, 2.24) is 0 Å². The lowest BCUT2D eigenvalue weighted by molar-refractivity contribution is 0.392. The van der Waals surface area contributed by atoms with Crippen molar-refractivity contribution in [3.63, 3.8) is 0 Å². The molecule has 1 heteroatoms. The van der Waals surface area contributed by atoms with E-state index in [1.807, 2.05) is 0 Å². The Bertz CT molecular complexity index is 172. The predicted octanol–water partition coefficient (Wildman–Crippen LogP) is 7.55. The number of rotatable bonds is 1. The molecule has 0 aromatic carbocycles. The fourth-order valence-corrected chi connectivity index (χ4v) is 5.78. The molecule has 0 radical (unpaired) electrons. The lowest BCUT2D eigenvalue weighted by Crippen LogP contribution is -2.17. The molecule has 21 heavy (non-hydrogen) atoms. The molecule has 2 unspecified atom stereocenters. The van der Waals surface area contributed by atoms with Gasteiger partial charge in [-0.15, -0.1) is 8.58 Å². The van der Waals surface area contributed by atoms with E-state index in [0.717, 1.165) is 11.6 Å². The molecule has 0 aromatic heterocycles. The van der Waals surface area contributed by atoms with Gasteiger partial charge in [0.25, 0.3) is 0 Å². The third-order valence-corrected chi connectivity index (χ3v) is 6.99. The molecule has 0 N–H and O–H groups in total. The molecule has 126 valence electrons. The van der Waals surface area contributed by atoms with Crippen LogP contribution in [0.25, 0.3) is 0 Å². The molecule has 0 amide bonds. The Kier molecular flexibility index (Phi) is 13.0. The minimum atomic E-state index is 1.11. The van der Waals surface area contributed by atoms with E-state index in [-0.39, 0.29) is 0 Å². The fourth-order valence-electron chi connectivity index (χ4n) is 3.88. The van der Waals surface area contributed by atoms with Crippen molar-refractivity contribution in [2.24, 2.45) is 5.92 Å². The fraction of sp³-hybridized carbons (Fsp3) is 1.00. The Morgan fingerprint density at radius 1 is 0.619 bits per heavy atom. The standard InChI is InChI=1S/C17H33P.C3H8/c1-2-5-9-13-16(12-8-4-1)17-14-10-6-3-7-11-15-18-17;1-3-2/h16-18H,1-15H2;3H2,1-2H3. The highest BCUT2D eigenvalue weighted by atomic mass is 31.1. The van der Waals surface area contributed by atoms with Crippen LogP contribution in [-0.4, -0.2) is 11.8 Å². The molecular formula is C20H41P. The minimum absolute atomic E-state index is 1.11. The van der Waals surface area contributed by atoms with E-state index in [2.05, 4.69) is 13.8 Å². The van der Waals surface area contributed by atoms with Crippen molar-refractivity contribution in [2.75, 3.05) is 6.16 Å². The van der Waals surface area contributed by atoms with Gasteiger partial charge < -0.3 is 0 Å². The first kappa shape index (κ1) is 19.5. The highest BCUT2D eigenvalue weighted by Gasteiger charge is 2.21. The molecule has 0 aromatic rings. The van der Waals surface area contributed by atoms with Gasteiger partial charge in [0.15, 0.2) is 0 Å².